The maximum atomic E-state index is 11.9. The van der Waals surface area contributed by atoms with E-state index >= 15 is 0 Å². The molecule has 0 bridgehead atoms. The van der Waals surface area contributed by atoms with E-state index in [9.17, 15) is 14.4 Å². The van der Waals surface area contributed by atoms with E-state index in [4.69, 9.17) is 17.3 Å². The molecule has 0 spiro atoms. The smallest absolute Gasteiger partial charge is 0.327 e. The zero-order valence-electron chi connectivity index (χ0n) is 11.0. The van der Waals surface area contributed by atoms with Crippen molar-refractivity contribution in [1.29, 1.82) is 0 Å². The Balaban J connectivity index is 4.74. The summed E-state index contributed by atoms with van der Waals surface area (Å²) in [6.07, 6.45) is 5.24. The van der Waals surface area contributed by atoms with Crippen molar-refractivity contribution >= 4 is 17.9 Å². The molecule has 0 aromatic heterocycles. The van der Waals surface area contributed by atoms with Crippen LogP contribution in [0, 0.1) is 18.3 Å². The lowest BCUT2D eigenvalue weighted by molar-refractivity contribution is -0.142. The fraction of sp³-hybridized carbons (Fsp3) is 0.583. The Morgan fingerprint density at radius 1 is 1.26 bits per heavy atom. The van der Waals surface area contributed by atoms with Crippen molar-refractivity contribution in [1.82, 2.24) is 10.6 Å². The molecule has 2 atom stereocenters. The van der Waals surface area contributed by atoms with Gasteiger partial charge < -0.3 is 21.5 Å². The predicted molar refractivity (Wildman–Crippen MR) is 69.0 cm³/mol. The van der Waals surface area contributed by atoms with E-state index < -0.39 is 30.0 Å². The van der Waals surface area contributed by atoms with E-state index in [0.29, 0.717) is 6.42 Å². The molecule has 0 aromatic rings. The number of carbonyl (C=O) groups excluding carboxylic acids is 2. The molecule has 2 unspecified atom stereocenters. The van der Waals surface area contributed by atoms with Crippen LogP contribution in [0.5, 0.6) is 0 Å². The second-order valence-corrected chi connectivity index (χ2v) is 4.50. The number of nitrogens with one attached hydrogen (secondary N) is 2. The molecule has 3 amide bonds. The lowest BCUT2D eigenvalue weighted by Crippen LogP contribution is -2.53. The fourth-order valence-electron chi connectivity index (χ4n) is 1.46. The summed E-state index contributed by atoms with van der Waals surface area (Å²) in [6, 6.07) is -2.90. The van der Waals surface area contributed by atoms with E-state index in [1.165, 1.54) is 0 Å². The van der Waals surface area contributed by atoms with Gasteiger partial charge in [0.25, 0.3) is 0 Å². The largest absolute Gasteiger partial charge is 0.480 e. The highest BCUT2D eigenvalue weighted by atomic mass is 16.4. The fourth-order valence-corrected chi connectivity index (χ4v) is 1.46. The highest BCUT2D eigenvalue weighted by molar-refractivity contribution is 5.89. The van der Waals surface area contributed by atoms with Crippen molar-refractivity contribution in [2.75, 3.05) is 0 Å². The first-order valence-electron chi connectivity index (χ1n) is 5.80. The van der Waals surface area contributed by atoms with Gasteiger partial charge in [-0.05, 0) is 12.3 Å². The highest BCUT2D eigenvalue weighted by Crippen LogP contribution is 2.05. The number of primary amides is 1. The molecule has 0 heterocycles. The Morgan fingerprint density at radius 3 is 2.21 bits per heavy atom. The third-order valence-electron chi connectivity index (χ3n) is 2.28. The predicted octanol–water partition coefficient (Wildman–Crippen LogP) is -0.338. The molecule has 0 saturated heterocycles. The van der Waals surface area contributed by atoms with Crippen molar-refractivity contribution in [2.24, 2.45) is 11.7 Å². The molecule has 7 nitrogen and oxygen atoms in total. The summed E-state index contributed by atoms with van der Waals surface area (Å²) in [6.45, 7) is 3.72. The van der Waals surface area contributed by atoms with Crippen LogP contribution in [0.25, 0.3) is 0 Å². The molecule has 19 heavy (non-hydrogen) atoms. The van der Waals surface area contributed by atoms with Crippen LogP contribution in [-0.2, 0) is 9.59 Å². The summed E-state index contributed by atoms with van der Waals surface area (Å²) < 4.78 is 0. The SMILES string of the molecule is C#CCC(NC(=O)C(CC(C)C)NC(N)=O)C(=O)O. The molecular formula is C12H19N3O4. The first kappa shape index (κ1) is 16.8. The number of nitrogens with two attached hydrogens (primary N) is 1. The number of terminal acetylenes is 1. The summed E-state index contributed by atoms with van der Waals surface area (Å²) in [7, 11) is 0. The van der Waals surface area contributed by atoms with Crippen molar-refractivity contribution < 1.29 is 19.5 Å². The maximum absolute atomic E-state index is 11.9. The Kier molecular flexibility index (Phi) is 7.04. The second-order valence-electron chi connectivity index (χ2n) is 4.50. The normalized spacial score (nSPS) is 13.2. The van der Waals surface area contributed by atoms with Crippen molar-refractivity contribution in [3.8, 4) is 12.3 Å². The quantitative estimate of drug-likeness (QED) is 0.472. The summed E-state index contributed by atoms with van der Waals surface area (Å²) in [4.78, 5) is 33.6. The molecule has 0 aliphatic rings. The van der Waals surface area contributed by atoms with Gasteiger partial charge >= 0.3 is 12.0 Å². The summed E-state index contributed by atoms with van der Waals surface area (Å²) in [5.74, 6) is 0.447. The summed E-state index contributed by atoms with van der Waals surface area (Å²) in [5.41, 5.74) is 4.98. The van der Waals surface area contributed by atoms with Gasteiger partial charge in [0.05, 0.1) is 0 Å². The third-order valence-corrected chi connectivity index (χ3v) is 2.28. The monoisotopic (exact) mass is 269 g/mol. The van der Waals surface area contributed by atoms with Crippen LogP contribution in [0.4, 0.5) is 4.79 Å². The Bertz CT molecular complexity index is 387. The highest BCUT2D eigenvalue weighted by Gasteiger charge is 2.26. The standard InChI is InChI=1S/C12H19N3O4/c1-4-5-8(11(17)18)14-10(16)9(6-7(2)3)15-12(13)19/h1,7-9H,5-6H2,2-3H3,(H,14,16)(H,17,18)(H3,13,15,19). The average molecular weight is 269 g/mol. The Labute approximate surface area is 111 Å². The summed E-state index contributed by atoms with van der Waals surface area (Å²) in [5, 5.41) is 13.4. The second kappa shape index (κ2) is 7.97. The molecule has 7 heteroatoms. The topological polar surface area (TPSA) is 122 Å². The molecule has 106 valence electrons. The molecule has 5 N–H and O–H groups in total. The van der Waals surface area contributed by atoms with Crippen LogP contribution in [-0.4, -0.2) is 35.1 Å². The zero-order valence-corrected chi connectivity index (χ0v) is 11.0. The van der Waals surface area contributed by atoms with E-state index in [2.05, 4.69) is 16.6 Å². The van der Waals surface area contributed by atoms with Crippen molar-refractivity contribution in [2.45, 2.75) is 38.8 Å². The molecular weight excluding hydrogens is 250 g/mol. The van der Waals surface area contributed by atoms with Gasteiger partial charge in [0.15, 0.2) is 0 Å². The lowest BCUT2D eigenvalue weighted by Gasteiger charge is -2.21. The van der Waals surface area contributed by atoms with Crippen LogP contribution >= 0.6 is 0 Å². The Hall–Kier alpha value is -2.23. The van der Waals surface area contributed by atoms with Gasteiger partial charge in [-0.25, -0.2) is 9.59 Å². The average Bonchev–Trinajstić information content (AvgIpc) is 2.25. The van der Waals surface area contributed by atoms with E-state index in [0.717, 1.165) is 0 Å². The van der Waals surface area contributed by atoms with Gasteiger partial charge in [0, 0.05) is 6.42 Å². The van der Waals surface area contributed by atoms with Gasteiger partial charge in [-0.3, -0.25) is 4.79 Å². The number of carbonyl (C=O) groups is 3. The van der Waals surface area contributed by atoms with Crippen molar-refractivity contribution in [3.63, 3.8) is 0 Å². The van der Waals surface area contributed by atoms with Crippen LogP contribution in [0.2, 0.25) is 0 Å². The van der Waals surface area contributed by atoms with Crippen LogP contribution in [0.1, 0.15) is 26.7 Å². The zero-order chi connectivity index (χ0) is 15.0. The van der Waals surface area contributed by atoms with Crippen LogP contribution in [0.15, 0.2) is 0 Å². The number of rotatable bonds is 7. The number of hydrogen-bond donors (Lipinski definition) is 4. The van der Waals surface area contributed by atoms with E-state index in [-0.39, 0.29) is 12.3 Å². The first-order valence-corrected chi connectivity index (χ1v) is 5.80. The van der Waals surface area contributed by atoms with Gasteiger partial charge in [-0.15, -0.1) is 12.3 Å². The number of hydrogen-bond acceptors (Lipinski definition) is 3. The van der Waals surface area contributed by atoms with Gasteiger partial charge in [-0.1, -0.05) is 13.8 Å². The first-order chi connectivity index (χ1) is 8.77. The minimum absolute atomic E-state index is 0.124. The molecule has 0 aromatic carbocycles. The number of aliphatic carboxylic acids is 1. The van der Waals surface area contributed by atoms with Crippen molar-refractivity contribution in [3.05, 3.63) is 0 Å². The maximum Gasteiger partial charge on any atom is 0.327 e. The van der Waals surface area contributed by atoms with Gasteiger partial charge in [0.1, 0.15) is 12.1 Å². The molecule has 0 aliphatic heterocycles. The van der Waals surface area contributed by atoms with Gasteiger partial charge in [-0.2, -0.15) is 0 Å². The minimum Gasteiger partial charge on any atom is -0.480 e. The number of carboxylic acid groups (broad SMARTS) is 1. The van der Waals surface area contributed by atoms with Crippen LogP contribution in [0.3, 0.4) is 0 Å². The Morgan fingerprint density at radius 2 is 1.84 bits per heavy atom. The van der Waals surface area contributed by atoms with E-state index in [1.807, 2.05) is 13.8 Å². The number of urea groups is 1. The lowest BCUT2D eigenvalue weighted by atomic mass is 10.0. The summed E-state index contributed by atoms with van der Waals surface area (Å²) >= 11 is 0. The van der Waals surface area contributed by atoms with Crippen LogP contribution < -0.4 is 16.4 Å². The molecule has 0 radical (unpaired) electrons. The number of amides is 3. The minimum atomic E-state index is -1.23. The van der Waals surface area contributed by atoms with Gasteiger partial charge in [0.2, 0.25) is 5.91 Å². The molecule has 0 fully saturated rings. The van der Waals surface area contributed by atoms with E-state index in [1.54, 1.807) is 0 Å². The number of carboxylic acids is 1. The third kappa shape index (κ3) is 6.93. The molecule has 0 saturated carbocycles. The molecule has 0 aliphatic carbocycles. The molecule has 0 rings (SSSR count).